The Bertz CT molecular complexity index is 835. The van der Waals surface area contributed by atoms with Gasteiger partial charge in [-0.3, -0.25) is 9.59 Å². The molecule has 0 saturated carbocycles. The van der Waals surface area contributed by atoms with Crippen LogP contribution >= 0.6 is 0 Å². The zero-order valence-electron chi connectivity index (χ0n) is 19.6. The number of nitrogens with zero attached hydrogens (tertiary/aromatic N) is 2. The van der Waals surface area contributed by atoms with Gasteiger partial charge in [0, 0.05) is 44.3 Å². The lowest BCUT2D eigenvalue weighted by atomic mass is 9.77. The van der Waals surface area contributed by atoms with Gasteiger partial charge < -0.3 is 24.4 Å². The highest BCUT2D eigenvalue weighted by Gasteiger charge is 2.50. The molecule has 1 aliphatic carbocycles. The van der Waals surface area contributed by atoms with Crippen LogP contribution in [-0.2, 0) is 14.3 Å². The lowest BCUT2D eigenvalue weighted by Gasteiger charge is -2.41. The fourth-order valence-corrected chi connectivity index (χ4v) is 4.70. The molecule has 176 valence electrons. The summed E-state index contributed by atoms with van der Waals surface area (Å²) in [5.74, 6) is 0.199. The van der Waals surface area contributed by atoms with Gasteiger partial charge in [-0.05, 0) is 32.4 Å². The first kappa shape index (κ1) is 24.3. The molecular formula is C25H36N2O5. The number of ether oxygens (including phenoxy) is 2. The fraction of sp³-hybridized carbons (Fsp3) is 0.600. The standard InChI is InChI=1S/C25H36N2O5/c1-5-8-13-21(28)27(14-15-31-4)19-16-18(25(30)26(6-2)7-3)22-17-11-9-10-12-20(17)32-24(22)23(19)29/h9-12,16,19,22-24,29H,5-8,13-15H2,1-4H3/t19-,22+,23+,24+/m1/s1. The minimum atomic E-state index is -0.955. The van der Waals surface area contributed by atoms with E-state index in [0.717, 1.165) is 18.4 Å². The van der Waals surface area contributed by atoms with E-state index in [-0.39, 0.29) is 17.7 Å². The van der Waals surface area contributed by atoms with Crippen molar-refractivity contribution in [2.45, 2.75) is 64.2 Å². The summed E-state index contributed by atoms with van der Waals surface area (Å²) in [4.78, 5) is 30.0. The van der Waals surface area contributed by atoms with Crippen LogP contribution in [0.4, 0.5) is 0 Å². The number of aliphatic hydroxyl groups is 1. The second-order valence-corrected chi connectivity index (χ2v) is 8.36. The number of aliphatic hydroxyl groups excluding tert-OH is 1. The van der Waals surface area contributed by atoms with Crippen LogP contribution in [0, 0.1) is 0 Å². The van der Waals surface area contributed by atoms with E-state index in [2.05, 4.69) is 0 Å². The van der Waals surface area contributed by atoms with Gasteiger partial charge in [0.05, 0.1) is 18.6 Å². The van der Waals surface area contributed by atoms with Crippen molar-refractivity contribution in [1.29, 1.82) is 0 Å². The number of hydrogen-bond acceptors (Lipinski definition) is 5. The third-order valence-corrected chi connectivity index (χ3v) is 6.48. The van der Waals surface area contributed by atoms with Crippen molar-refractivity contribution < 1.29 is 24.2 Å². The van der Waals surface area contributed by atoms with Crippen molar-refractivity contribution >= 4 is 11.8 Å². The third-order valence-electron chi connectivity index (χ3n) is 6.48. The molecule has 1 aromatic carbocycles. The van der Waals surface area contributed by atoms with Gasteiger partial charge in [-0.2, -0.15) is 0 Å². The minimum Gasteiger partial charge on any atom is -0.486 e. The summed E-state index contributed by atoms with van der Waals surface area (Å²) in [7, 11) is 1.59. The molecule has 7 heteroatoms. The molecule has 0 bridgehead atoms. The molecule has 7 nitrogen and oxygen atoms in total. The molecule has 0 aromatic heterocycles. The van der Waals surface area contributed by atoms with Crippen molar-refractivity contribution in [1.82, 2.24) is 9.80 Å². The average Bonchev–Trinajstić information content (AvgIpc) is 3.20. The van der Waals surface area contributed by atoms with Gasteiger partial charge in [0.25, 0.3) is 0 Å². The largest absolute Gasteiger partial charge is 0.486 e. The van der Waals surface area contributed by atoms with Crippen molar-refractivity contribution in [3.05, 3.63) is 41.5 Å². The zero-order chi connectivity index (χ0) is 23.3. The Balaban J connectivity index is 2.05. The van der Waals surface area contributed by atoms with E-state index >= 15 is 0 Å². The van der Waals surface area contributed by atoms with Crippen LogP contribution < -0.4 is 4.74 Å². The number of carbonyl (C=O) groups is 2. The summed E-state index contributed by atoms with van der Waals surface area (Å²) < 4.78 is 11.4. The highest BCUT2D eigenvalue weighted by molar-refractivity contribution is 5.96. The summed E-state index contributed by atoms with van der Waals surface area (Å²) in [5.41, 5.74) is 1.49. The molecule has 1 heterocycles. The van der Waals surface area contributed by atoms with Crippen LogP contribution in [0.5, 0.6) is 5.75 Å². The van der Waals surface area contributed by atoms with Gasteiger partial charge in [0.15, 0.2) is 0 Å². The topological polar surface area (TPSA) is 79.3 Å². The molecule has 0 unspecified atom stereocenters. The first-order valence-corrected chi connectivity index (χ1v) is 11.7. The summed E-state index contributed by atoms with van der Waals surface area (Å²) in [6.07, 6.45) is 2.29. The maximum Gasteiger partial charge on any atom is 0.250 e. The minimum absolute atomic E-state index is 0.0483. The summed E-state index contributed by atoms with van der Waals surface area (Å²) >= 11 is 0. The van der Waals surface area contributed by atoms with Gasteiger partial charge in [0.1, 0.15) is 18.0 Å². The number of likely N-dealkylation sites (N-methyl/N-ethyl adjacent to an activating group) is 1. The highest BCUT2D eigenvalue weighted by atomic mass is 16.5. The van der Waals surface area contributed by atoms with Gasteiger partial charge in [-0.15, -0.1) is 0 Å². The van der Waals surface area contributed by atoms with Crippen LogP contribution in [0.3, 0.4) is 0 Å². The van der Waals surface area contributed by atoms with Gasteiger partial charge >= 0.3 is 0 Å². The number of hydrogen-bond donors (Lipinski definition) is 1. The number of benzene rings is 1. The molecule has 1 aliphatic heterocycles. The van der Waals surface area contributed by atoms with Crippen LogP contribution in [0.2, 0.25) is 0 Å². The molecule has 1 N–H and O–H groups in total. The van der Waals surface area contributed by atoms with Crippen LogP contribution in [0.15, 0.2) is 35.9 Å². The first-order chi connectivity index (χ1) is 15.5. The van der Waals surface area contributed by atoms with Crippen LogP contribution in [0.25, 0.3) is 0 Å². The smallest absolute Gasteiger partial charge is 0.250 e. The van der Waals surface area contributed by atoms with E-state index in [1.54, 1.807) is 23.0 Å². The Morgan fingerprint density at radius 2 is 1.88 bits per heavy atom. The monoisotopic (exact) mass is 444 g/mol. The maximum atomic E-state index is 13.5. The second kappa shape index (κ2) is 11.0. The Morgan fingerprint density at radius 1 is 1.16 bits per heavy atom. The molecule has 0 saturated heterocycles. The summed E-state index contributed by atoms with van der Waals surface area (Å²) in [6.45, 7) is 7.81. The van der Waals surface area contributed by atoms with E-state index in [4.69, 9.17) is 9.47 Å². The molecule has 0 radical (unpaired) electrons. The van der Waals surface area contributed by atoms with Crippen molar-refractivity contribution in [3.8, 4) is 5.75 Å². The third kappa shape index (κ3) is 4.69. The quantitative estimate of drug-likeness (QED) is 0.600. The SMILES string of the molecule is CCCCC(=O)N(CCOC)[C@@H]1C=C(C(=O)N(CC)CC)[C@@H]2c3ccccc3O[C@@H]2[C@H]1O. The van der Waals surface area contributed by atoms with E-state index < -0.39 is 18.2 Å². The second-order valence-electron chi connectivity index (χ2n) is 8.36. The number of amides is 2. The van der Waals surface area contributed by atoms with E-state index in [1.165, 1.54) is 0 Å². The van der Waals surface area contributed by atoms with E-state index in [1.807, 2.05) is 45.0 Å². The van der Waals surface area contributed by atoms with Gasteiger partial charge in [-0.1, -0.05) is 31.5 Å². The Kier molecular flexibility index (Phi) is 8.32. The van der Waals surface area contributed by atoms with Crippen LogP contribution in [0.1, 0.15) is 51.5 Å². The number of methoxy groups -OCH3 is 1. The molecule has 0 fully saturated rings. The maximum absolute atomic E-state index is 13.5. The molecule has 2 amide bonds. The van der Waals surface area contributed by atoms with E-state index in [9.17, 15) is 14.7 Å². The number of unbranched alkanes of at least 4 members (excludes halogenated alkanes) is 1. The summed E-state index contributed by atoms with van der Waals surface area (Å²) in [5, 5.41) is 11.4. The first-order valence-electron chi connectivity index (χ1n) is 11.7. The number of para-hydroxylation sites is 1. The molecule has 0 spiro atoms. The normalized spacial score (nSPS) is 23.6. The Hall–Kier alpha value is -2.38. The zero-order valence-corrected chi connectivity index (χ0v) is 19.6. The lowest BCUT2D eigenvalue weighted by molar-refractivity contribution is -0.138. The van der Waals surface area contributed by atoms with Crippen molar-refractivity contribution in [3.63, 3.8) is 0 Å². The number of fused-ring (bicyclic) bond motifs is 3. The Morgan fingerprint density at radius 3 is 2.53 bits per heavy atom. The average molecular weight is 445 g/mol. The number of rotatable bonds is 10. The lowest BCUT2D eigenvalue weighted by Crippen LogP contribution is -2.56. The van der Waals surface area contributed by atoms with Crippen molar-refractivity contribution in [2.24, 2.45) is 0 Å². The molecular weight excluding hydrogens is 408 g/mol. The van der Waals surface area contributed by atoms with Crippen molar-refractivity contribution in [2.75, 3.05) is 33.4 Å². The molecule has 2 aliphatic rings. The highest BCUT2D eigenvalue weighted by Crippen LogP contribution is 2.47. The number of carbonyl (C=O) groups excluding carboxylic acids is 2. The van der Waals surface area contributed by atoms with Crippen LogP contribution in [-0.4, -0.2) is 78.3 Å². The summed E-state index contributed by atoms with van der Waals surface area (Å²) in [6, 6.07) is 6.96. The Labute approximate surface area is 191 Å². The predicted octanol–water partition coefficient (Wildman–Crippen LogP) is 2.73. The van der Waals surface area contributed by atoms with Gasteiger partial charge in [-0.25, -0.2) is 0 Å². The molecule has 32 heavy (non-hydrogen) atoms. The molecule has 4 atom stereocenters. The fourth-order valence-electron chi connectivity index (χ4n) is 4.70. The molecule has 1 aromatic rings. The van der Waals surface area contributed by atoms with Gasteiger partial charge in [0.2, 0.25) is 11.8 Å². The predicted molar refractivity (Wildman–Crippen MR) is 123 cm³/mol. The van der Waals surface area contributed by atoms with E-state index in [0.29, 0.717) is 44.0 Å². The molecule has 3 rings (SSSR count).